The second-order valence-corrected chi connectivity index (χ2v) is 5.74. The summed E-state index contributed by atoms with van der Waals surface area (Å²) in [5.74, 6) is 0.564. The number of nitrogens with zero attached hydrogens (tertiary/aromatic N) is 3. The lowest BCUT2D eigenvalue weighted by molar-refractivity contribution is 0.0377. The lowest BCUT2D eigenvalue weighted by atomic mass is 10.2. The van der Waals surface area contributed by atoms with Gasteiger partial charge in [0.1, 0.15) is 0 Å². The zero-order chi connectivity index (χ0) is 15.5. The van der Waals surface area contributed by atoms with Crippen molar-refractivity contribution in [2.75, 3.05) is 59.5 Å². The Hall–Kier alpha value is -0.120. The highest BCUT2D eigenvalue weighted by Gasteiger charge is 2.09. The predicted octanol–water partition coefficient (Wildman–Crippen LogP) is 0.961. The zero-order valence-corrected chi connectivity index (χ0v) is 16.7. The molecule has 1 unspecified atom stereocenters. The van der Waals surface area contributed by atoms with Crippen LogP contribution in [0.1, 0.15) is 26.7 Å². The molecule has 1 aliphatic rings. The fraction of sp³-hybridized carbons (Fsp3) is 0.933. The van der Waals surface area contributed by atoms with E-state index >= 15 is 0 Å². The second kappa shape index (κ2) is 13.3. The van der Waals surface area contributed by atoms with Crippen LogP contribution in [-0.2, 0) is 4.74 Å². The standard InChI is InChI=1S/C15H33N5O.HI/c1-4-14(2)19(3)9-7-18-15(16)17-6-5-8-20-10-12-21-13-11-20;/h14H,4-13H2,1-3H3,(H3,16,17,18);1H. The summed E-state index contributed by atoms with van der Waals surface area (Å²) in [6.45, 7) is 11.9. The maximum atomic E-state index is 5.87. The number of aliphatic imine (C=N–C) groups is 1. The molecule has 1 rings (SSSR count). The van der Waals surface area contributed by atoms with Gasteiger partial charge in [-0.25, -0.2) is 0 Å². The van der Waals surface area contributed by atoms with Crippen molar-refractivity contribution < 1.29 is 4.74 Å². The van der Waals surface area contributed by atoms with Crippen LogP contribution in [0.3, 0.4) is 0 Å². The highest BCUT2D eigenvalue weighted by atomic mass is 127. The summed E-state index contributed by atoms with van der Waals surface area (Å²) in [6.07, 6.45) is 2.22. The second-order valence-electron chi connectivity index (χ2n) is 5.74. The first kappa shape index (κ1) is 21.9. The number of ether oxygens (including phenoxy) is 1. The van der Waals surface area contributed by atoms with Gasteiger partial charge in [-0.1, -0.05) is 6.92 Å². The molecule has 1 saturated heterocycles. The summed E-state index contributed by atoms with van der Waals surface area (Å²) in [7, 11) is 2.14. The number of guanidine groups is 1. The number of halogens is 1. The van der Waals surface area contributed by atoms with Gasteiger partial charge in [0.2, 0.25) is 0 Å². The molecule has 0 spiro atoms. The predicted molar refractivity (Wildman–Crippen MR) is 104 cm³/mol. The lowest BCUT2D eigenvalue weighted by Gasteiger charge is -2.26. The summed E-state index contributed by atoms with van der Waals surface area (Å²) in [5, 5.41) is 3.18. The van der Waals surface area contributed by atoms with Crippen LogP contribution in [0.25, 0.3) is 0 Å². The largest absolute Gasteiger partial charge is 0.379 e. The number of nitrogens with two attached hydrogens (primary N) is 1. The average molecular weight is 427 g/mol. The van der Waals surface area contributed by atoms with E-state index < -0.39 is 0 Å². The smallest absolute Gasteiger partial charge is 0.188 e. The van der Waals surface area contributed by atoms with E-state index in [4.69, 9.17) is 10.5 Å². The van der Waals surface area contributed by atoms with Crippen LogP contribution in [0.2, 0.25) is 0 Å². The number of rotatable bonds is 9. The summed E-state index contributed by atoms with van der Waals surface area (Å²) in [4.78, 5) is 9.13. The minimum Gasteiger partial charge on any atom is -0.379 e. The Labute approximate surface area is 152 Å². The fourth-order valence-corrected chi connectivity index (χ4v) is 2.27. The fourth-order valence-electron chi connectivity index (χ4n) is 2.27. The van der Waals surface area contributed by atoms with Crippen LogP contribution < -0.4 is 11.1 Å². The molecule has 3 N–H and O–H groups in total. The Kier molecular flexibility index (Phi) is 13.3. The Morgan fingerprint density at radius 1 is 1.41 bits per heavy atom. The molecule has 0 aromatic heterocycles. The topological polar surface area (TPSA) is 66.1 Å². The van der Waals surface area contributed by atoms with Crippen molar-refractivity contribution in [2.24, 2.45) is 10.7 Å². The van der Waals surface area contributed by atoms with Gasteiger partial charge in [-0.3, -0.25) is 9.89 Å². The van der Waals surface area contributed by atoms with Gasteiger partial charge in [0.15, 0.2) is 5.96 Å². The van der Waals surface area contributed by atoms with E-state index in [2.05, 4.69) is 41.0 Å². The molecule has 0 aliphatic carbocycles. The Morgan fingerprint density at radius 2 is 2.09 bits per heavy atom. The average Bonchev–Trinajstić information content (AvgIpc) is 2.51. The third-order valence-corrected chi connectivity index (χ3v) is 4.13. The molecule has 1 fully saturated rings. The van der Waals surface area contributed by atoms with E-state index in [9.17, 15) is 0 Å². The van der Waals surface area contributed by atoms with E-state index in [1.807, 2.05) is 0 Å². The molecule has 1 heterocycles. The number of nitrogens with one attached hydrogen (secondary N) is 1. The normalized spacial score (nSPS) is 18.1. The van der Waals surface area contributed by atoms with Crippen LogP contribution in [0, 0.1) is 0 Å². The van der Waals surface area contributed by atoms with Crippen LogP contribution in [-0.4, -0.2) is 81.3 Å². The van der Waals surface area contributed by atoms with Gasteiger partial charge in [-0.15, -0.1) is 24.0 Å². The number of hydrogen-bond donors (Lipinski definition) is 2. The number of likely N-dealkylation sites (N-methyl/N-ethyl adjacent to an activating group) is 1. The molecule has 0 saturated carbocycles. The molecular weight excluding hydrogens is 393 g/mol. The van der Waals surface area contributed by atoms with Gasteiger partial charge in [-0.05, 0) is 26.8 Å². The minimum atomic E-state index is 0. The van der Waals surface area contributed by atoms with Gasteiger partial charge in [-0.2, -0.15) is 0 Å². The number of hydrogen-bond acceptors (Lipinski definition) is 4. The summed E-state index contributed by atoms with van der Waals surface area (Å²) >= 11 is 0. The maximum Gasteiger partial charge on any atom is 0.188 e. The summed E-state index contributed by atoms with van der Waals surface area (Å²) < 4.78 is 5.33. The van der Waals surface area contributed by atoms with Gasteiger partial charge in [0, 0.05) is 45.3 Å². The molecule has 6 nitrogen and oxygen atoms in total. The van der Waals surface area contributed by atoms with Gasteiger partial charge < -0.3 is 20.7 Å². The molecule has 0 amide bonds. The van der Waals surface area contributed by atoms with Crippen molar-refractivity contribution in [1.82, 2.24) is 15.1 Å². The molecule has 1 aliphatic heterocycles. The minimum absolute atomic E-state index is 0. The van der Waals surface area contributed by atoms with Crippen molar-refractivity contribution in [1.29, 1.82) is 0 Å². The van der Waals surface area contributed by atoms with E-state index in [1.165, 1.54) is 6.42 Å². The van der Waals surface area contributed by atoms with Crippen molar-refractivity contribution >= 4 is 29.9 Å². The van der Waals surface area contributed by atoms with E-state index in [0.717, 1.165) is 58.9 Å². The van der Waals surface area contributed by atoms with Crippen LogP contribution in [0.15, 0.2) is 4.99 Å². The van der Waals surface area contributed by atoms with Crippen LogP contribution in [0.5, 0.6) is 0 Å². The van der Waals surface area contributed by atoms with Crippen LogP contribution >= 0.6 is 24.0 Å². The van der Waals surface area contributed by atoms with E-state index in [1.54, 1.807) is 0 Å². The number of morpholine rings is 1. The third kappa shape index (κ3) is 9.81. The molecule has 22 heavy (non-hydrogen) atoms. The zero-order valence-electron chi connectivity index (χ0n) is 14.4. The van der Waals surface area contributed by atoms with Crippen molar-refractivity contribution in [3.8, 4) is 0 Å². The van der Waals surface area contributed by atoms with Crippen molar-refractivity contribution in [3.63, 3.8) is 0 Å². The summed E-state index contributed by atoms with van der Waals surface area (Å²) in [6, 6.07) is 0.610. The Morgan fingerprint density at radius 3 is 2.73 bits per heavy atom. The molecule has 0 radical (unpaired) electrons. The Bertz CT molecular complexity index is 298. The maximum absolute atomic E-state index is 5.87. The molecule has 0 bridgehead atoms. The highest BCUT2D eigenvalue weighted by Crippen LogP contribution is 1.99. The molecule has 1 atom stereocenters. The molecule has 7 heteroatoms. The van der Waals surface area contributed by atoms with E-state index in [0.29, 0.717) is 12.0 Å². The molecule has 132 valence electrons. The first-order valence-electron chi connectivity index (χ1n) is 8.17. The van der Waals surface area contributed by atoms with Gasteiger partial charge in [0.05, 0.1) is 13.2 Å². The molecular formula is C15H34IN5O. The molecule has 0 aromatic rings. The third-order valence-electron chi connectivity index (χ3n) is 4.13. The van der Waals surface area contributed by atoms with Gasteiger partial charge >= 0.3 is 0 Å². The summed E-state index contributed by atoms with van der Waals surface area (Å²) in [5.41, 5.74) is 5.87. The van der Waals surface area contributed by atoms with Gasteiger partial charge in [0.25, 0.3) is 0 Å². The van der Waals surface area contributed by atoms with E-state index in [-0.39, 0.29) is 24.0 Å². The molecule has 0 aromatic carbocycles. The SMILES string of the molecule is CCC(C)N(C)CCNC(N)=NCCCN1CCOCC1.I. The van der Waals surface area contributed by atoms with Crippen LogP contribution in [0.4, 0.5) is 0 Å². The van der Waals surface area contributed by atoms with Crippen molar-refractivity contribution in [2.45, 2.75) is 32.7 Å². The lowest BCUT2D eigenvalue weighted by Crippen LogP contribution is -2.40. The first-order valence-corrected chi connectivity index (χ1v) is 8.17. The first-order chi connectivity index (χ1) is 10.1. The Balaban J connectivity index is 0.00000441. The monoisotopic (exact) mass is 427 g/mol. The van der Waals surface area contributed by atoms with Crippen molar-refractivity contribution in [3.05, 3.63) is 0 Å². The highest BCUT2D eigenvalue weighted by molar-refractivity contribution is 14.0. The quantitative estimate of drug-likeness (QED) is 0.248.